The third-order valence-corrected chi connectivity index (χ3v) is 5.26. The number of halogens is 1. The van der Waals surface area contributed by atoms with Crippen LogP contribution in [0.1, 0.15) is 0 Å². The van der Waals surface area contributed by atoms with Crippen molar-refractivity contribution >= 4 is 20.9 Å². The van der Waals surface area contributed by atoms with E-state index in [4.69, 9.17) is 10.5 Å². The molecule has 0 atom stereocenters. The summed E-state index contributed by atoms with van der Waals surface area (Å²) in [5, 5.41) is 0.785. The summed E-state index contributed by atoms with van der Waals surface area (Å²) in [7, 11) is -2.24. The Morgan fingerprint density at radius 3 is 2.76 bits per heavy atom. The molecule has 6 nitrogen and oxygen atoms in total. The zero-order chi connectivity index (χ0) is 18.0. The Kier molecular flexibility index (Phi) is 4.76. The van der Waals surface area contributed by atoms with Gasteiger partial charge in [0.05, 0.1) is 12.0 Å². The Morgan fingerprint density at radius 2 is 2.04 bits per heavy atom. The molecule has 0 amide bonds. The number of nitrogens with one attached hydrogen (secondary N) is 2. The predicted molar refractivity (Wildman–Crippen MR) is 94.5 cm³/mol. The quantitative estimate of drug-likeness (QED) is 0.625. The van der Waals surface area contributed by atoms with Gasteiger partial charge in [-0.05, 0) is 35.9 Å². The van der Waals surface area contributed by atoms with Gasteiger partial charge in [-0.2, -0.15) is 0 Å². The number of sulfonamides is 1. The van der Waals surface area contributed by atoms with Gasteiger partial charge in [-0.1, -0.05) is 0 Å². The molecular weight excluding hydrogens is 345 g/mol. The molecule has 132 valence electrons. The van der Waals surface area contributed by atoms with Crippen LogP contribution in [0, 0.1) is 5.82 Å². The van der Waals surface area contributed by atoms with E-state index in [-0.39, 0.29) is 23.8 Å². The fourth-order valence-corrected chi connectivity index (χ4v) is 3.72. The topological polar surface area (TPSA) is 97.2 Å². The fraction of sp³-hybridized carbons (Fsp3) is 0.176. The van der Waals surface area contributed by atoms with Gasteiger partial charge >= 0.3 is 0 Å². The Bertz CT molecular complexity index is 1020. The molecule has 3 aromatic rings. The lowest BCUT2D eigenvalue weighted by molar-refractivity contribution is 0.413. The van der Waals surface area contributed by atoms with Crippen LogP contribution in [-0.2, 0) is 10.0 Å². The standard InChI is InChI=1S/C17H18FN3O3S/c1-24-13-6-11(7-14(9-13)25(22,23)21-5-4-19)16-10-20-17-8-12(18)2-3-15(16)17/h2-3,6-10,20-21H,4-5,19H2,1H3. The van der Waals surface area contributed by atoms with Crippen LogP contribution in [0.4, 0.5) is 4.39 Å². The maximum Gasteiger partial charge on any atom is 0.240 e. The van der Waals surface area contributed by atoms with E-state index in [2.05, 4.69) is 9.71 Å². The van der Waals surface area contributed by atoms with E-state index in [1.807, 2.05) is 0 Å². The number of hydrogen-bond donors (Lipinski definition) is 3. The second-order valence-corrected chi connectivity index (χ2v) is 7.24. The number of H-pyrrole nitrogens is 1. The van der Waals surface area contributed by atoms with Crippen molar-refractivity contribution in [1.82, 2.24) is 9.71 Å². The number of fused-ring (bicyclic) bond motifs is 1. The first-order valence-corrected chi connectivity index (χ1v) is 9.09. The number of aromatic amines is 1. The molecule has 8 heteroatoms. The highest BCUT2D eigenvalue weighted by atomic mass is 32.2. The van der Waals surface area contributed by atoms with Gasteiger partial charge in [0.2, 0.25) is 10.0 Å². The molecule has 0 saturated heterocycles. The van der Waals surface area contributed by atoms with Gasteiger partial charge in [0.1, 0.15) is 11.6 Å². The molecule has 1 heterocycles. The maximum atomic E-state index is 13.4. The zero-order valence-corrected chi connectivity index (χ0v) is 14.4. The van der Waals surface area contributed by atoms with Crippen molar-refractivity contribution in [2.45, 2.75) is 4.90 Å². The normalized spacial score (nSPS) is 11.8. The van der Waals surface area contributed by atoms with Crippen LogP contribution in [0.2, 0.25) is 0 Å². The minimum absolute atomic E-state index is 0.0757. The van der Waals surface area contributed by atoms with E-state index < -0.39 is 10.0 Å². The largest absolute Gasteiger partial charge is 0.497 e. The van der Waals surface area contributed by atoms with E-state index >= 15 is 0 Å². The molecule has 0 radical (unpaired) electrons. The number of methoxy groups -OCH3 is 1. The lowest BCUT2D eigenvalue weighted by Gasteiger charge is -2.10. The first-order chi connectivity index (χ1) is 11.9. The van der Waals surface area contributed by atoms with E-state index in [9.17, 15) is 12.8 Å². The Morgan fingerprint density at radius 1 is 1.24 bits per heavy atom. The van der Waals surface area contributed by atoms with Crippen molar-refractivity contribution in [3.05, 3.63) is 48.4 Å². The Hall–Kier alpha value is -2.42. The summed E-state index contributed by atoms with van der Waals surface area (Å²) in [5.41, 5.74) is 7.39. The van der Waals surface area contributed by atoms with E-state index in [0.717, 1.165) is 10.9 Å². The molecule has 0 aliphatic carbocycles. The van der Waals surface area contributed by atoms with Gasteiger partial charge in [-0.25, -0.2) is 17.5 Å². The summed E-state index contributed by atoms with van der Waals surface area (Å²) < 4.78 is 45.9. The van der Waals surface area contributed by atoms with Crippen molar-refractivity contribution < 1.29 is 17.5 Å². The van der Waals surface area contributed by atoms with Crippen molar-refractivity contribution in [1.29, 1.82) is 0 Å². The number of benzene rings is 2. The number of ether oxygens (including phenoxy) is 1. The highest BCUT2D eigenvalue weighted by Crippen LogP contribution is 2.33. The molecule has 0 unspecified atom stereocenters. The molecule has 3 rings (SSSR count). The van der Waals surface area contributed by atoms with Crippen molar-refractivity contribution in [3.8, 4) is 16.9 Å². The number of rotatable bonds is 6. The van der Waals surface area contributed by atoms with Crippen LogP contribution < -0.4 is 15.2 Å². The maximum absolute atomic E-state index is 13.4. The highest BCUT2D eigenvalue weighted by Gasteiger charge is 2.17. The van der Waals surface area contributed by atoms with Crippen LogP contribution in [-0.4, -0.2) is 33.6 Å². The molecule has 0 bridgehead atoms. The van der Waals surface area contributed by atoms with Gasteiger partial charge < -0.3 is 15.5 Å². The van der Waals surface area contributed by atoms with Gasteiger partial charge in [0, 0.05) is 41.8 Å². The molecule has 4 N–H and O–H groups in total. The SMILES string of the molecule is COc1cc(-c2c[nH]c3cc(F)ccc23)cc(S(=O)(=O)NCCN)c1. The minimum atomic E-state index is -3.71. The van der Waals surface area contributed by atoms with Crippen LogP contribution in [0.25, 0.3) is 22.0 Å². The molecule has 1 aromatic heterocycles. The number of nitrogens with two attached hydrogens (primary N) is 1. The monoisotopic (exact) mass is 363 g/mol. The van der Waals surface area contributed by atoms with Gasteiger partial charge in [0.15, 0.2) is 0 Å². The van der Waals surface area contributed by atoms with Crippen LogP contribution in [0.15, 0.2) is 47.5 Å². The minimum Gasteiger partial charge on any atom is -0.497 e. The second-order valence-electron chi connectivity index (χ2n) is 5.48. The molecular formula is C17H18FN3O3S. The van der Waals surface area contributed by atoms with Crippen LogP contribution >= 0.6 is 0 Å². The highest BCUT2D eigenvalue weighted by molar-refractivity contribution is 7.89. The van der Waals surface area contributed by atoms with E-state index in [0.29, 0.717) is 16.8 Å². The van der Waals surface area contributed by atoms with Crippen molar-refractivity contribution in [2.75, 3.05) is 20.2 Å². The number of hydrogen-bond acceptors (Lipinski definition) is 4. The number of aromatic nitrogens is 1. The van der Waals surface area contributed by atoms with E-state index in [1.54, 1.807) is 24.4 Å². The summed E-state index contributed by atoms with van der Waals surface area (Å²) in [6.45, 7) is 0.339. The zero-order valence-electron chi connectivity index (χ0n) is 13.5. The fourth-order valence-electron chi connectivity index (χ4n) is 2.61. The van der Waals surface area contributed by atoms with Crippen molar-refractivity contribution in [3.63, 3.8) is 0 Å². The third-order valence-electron chi connectivity index (χ3n) is 3.82. The molecule has 25 heavy (non-hydrogen) atoms. The molecule has 0 spiro atoms. The molecule has 0 saturated carbocycles. The van der Waals surface area contributed by atoms with Crippen LogP contribution in [0.5, 0.6) is 5.75 Å². The van der Waals surface area contributed by atoms with E-state index in [1.165, 1.54) is 25.3 Å². The second kappa shape index (κ2) is 6.83. The summed E-state index contributed by atoms with van der Waals surface area (Å²) in [4.78, 5) is 3.07. The third kappa shape index (κ3) is 3.51. The van der Waals surface area contributed by atoms with Gasteiger partial charge in [0.25, 0.3) is 0 Å². The Balaban J connectivity index is 2.14. The lowest BCUT2D eigenvalue weighted by atomic mass is 10.0. The van der Waals surface area contributed by atoms with Crippen molar-refractivity contribution in [2.24, 2.45) is 5.73 Å². The average Bonchev–Trinajstić information content (AvgIpc) is 3.02. The predicted octanol–water partition coefficient (Wildman–Crippen LogP) is 2.22. The molecule has 2 aromatic carbocycles. The molecule has 0 aliphatic heterocycles. The summed E-state index contributed by atoms with van der Waals surface area (Å²) in [6, 6.07) is 9.12. The van der Waals surface area contributed by atoms with Crippen LogP contribution in [0.3, 0.4) is 0 Å². The summed E-state index contributed by atoms with van der Waals surface area (Å²) in [5.74, 6) is 0.0582. The smallest absolute Gasteiger partial charge is 0.240 e. The lowest BCUT2D eigenvalue weighted by Crippen LogP contribution is -2.29. The first-order valence-electron chi connectivity index (χ1n) is 7.60. The molecule has 0 fully saturated rings. The molecule has 0 aliphatic rings. The average molecular weight is 363 g/mol. The first kappa shape index (κ1) is 17.4. The summed E-state index contributed by atoms with van der Waals surface area (Å²) in [6.07, 6.45) is 1.71. The Labute approximate surface area is 144 Å². The van der Waals surface area contributed by atoms with Gasteiger partial charge in [-0.3, -0.25) is 0 Å². The van der Waals surface area contributed by atoms with Gasteiger partial charge in [-0.15, -0.1) is 0 Å². The summed E-state index contributed by atoms with van der Waals surface area (Å²) >= 11 is 0.